The van der Waals surface area contributed by atoms with Gasteiger partial charge in [0, 0.05) is 28.1 Å². The molecule has 0 saturated heterocycles. The number of hydrogen-bond acceptors (Lipinski definition) is 1. The average molecular weight is 463 g/mol. The minimum absolute atomic E-state index is 0.849. The molecule has 0 spiro atoms. The summed E-state index contributed by atoms with van der Waals surface area (Å²) in [6, 6.07) is 37.0. The lowest BCUT2D eigenvalue weighted by molar-refractivity contribution is 1.18. The number of rotatable bonds is 5. The predicted molar refractivity (Wildman–Crippen MR) is 155 cm³/mol. The molecule has 0 amide bonds. The molecule has 36 heavy (non-hydrogen) atoms. The maximum atomic E-state index is 7.66. The summed E-state index contributed by atoms with van der Waals surface area (Å²) in [7, 11) is 0. The molecule has 6 aromatic rings. The molecule has 0 radical (unpaired) electrons. The Morgan fingerprint density at radius 3 is 2.22 bits per heavy atom. The predicted octanol–water partition coefficient (Wildman–Crippen LogP) is 9.13. The first-order valence-corrected chi connectivity index (χ1v) is 12.1. The van der Waals surface area contributed by atoms with Crippen LogP contribution in [0.4, 0.5) is 0 Å². The molecule has 1 heterocycles. The van der Waals surface area contributed by atoms with E-state index < -0.39 is 0 Å². The second-order valence-corrected chi connectivity index (χ2v) is 9.17. The molecule has 0 bridgehead atoms. The van der Waals surface area contributed by atoms with Crippen molar-refractivity contribution in [2.24, 2.45) is 0 Å². The smallest absolute Gasteiger partial charge is 0.0619 e. The summed E-state index contributed by atoms with van der Waals surface area (Å²) >= 11 is 0. The highest BCUT2D eigenvalue weighted by Gasteiger charge is 2.15. The highest BCUT2D eigenvalue weighted by Crippen LogP contribution is 2.38. The minimum Gasteiger partial charge on any atom is -0.309 e. The molecule has 0 aliphatic rings. The zero-order valence-electron chi connectivity index (χ0n) is 20.2. The molecule has 5 aromatic carbocycles. The third kappa shape index (κ3) is 3.55. The van der Waals surface area contributed by atoms with Crippen LogP contribution in [0.15, 0.2) is 122 Å². The van der Waals surface area contributed by atoms with Crippen LogP contribution in [0.3, 0.4) is 0 Å². The van der Waals surface area contributed by atoms with Crippen molar-refractivity contribution >= 4 is 44.4 Å². The van der Waals surface area contributed by atoms with Crippen molar-refractivity contribution < 1.29 is 0 Å². The molecule has 0 aliphatic carbocycles. The molecule has 0 saturated carbocycles. The third-order valence-electron chi connectivity index (χ3n) is 6.92. The normalized spacial score (nSPS) is 11.9. The first-order chi connectivity index (χ1) is 17.7. The largest absolute Gasteiger partial charge is 0.309 e. The van der Waals surface area contributed by atoms with Crippen molar-refractivity contribution in [3.63, 3.8) is 0 Å². The van der Waals surface area contributed by atoms with Crippen LogP contribution in [-0.4, -0.2) is 10.8 Å². The van der Waals surface area contributed by atoms with Gasteiger partial charge in [-0.25, -0.2) is 0 Å². The topological polar surface area (TPSA) is 28.8 Å². The molecule has 2 heteroatoms. The molecule has 2 nitrogen and oxygen atoms in total. The SMILES string of the molecule is C=C/C=C(\C=N)c1ccc(-c2ccc3c(ccc4c5ccc(C)cc5n(-c5ccccc5)c34)c2)cc1. The van der Waals surface area contributed by atoms with Crippen molar-refractivity contribution in [1.29, 1.82) is 5.41 Å². The van der Waals surface area contributed by atoms with Gasteiger partial charge in [0.2, 0.25) is 0 Å². The molecule has 1 N–H and O–H groups in total. The second-order valence-electron chi connectivity index (χ2n) is 9.17. The Morgan fingerprint density at radius 1 is 0.750 bits per heavy atom. The zero-order valence-corrected chi connectivity index (χ0v) is 20.2. The van der Waals surface area contributed by atoms with Gasteiger partial charge in [-0.15, -0.1) is 0 Å². The molecule has 6 rings (SSSR count). The Kier molecular flexibility index (Phi) is 5.35. The number of nitrogens with zero attached hydrogens (tertiary/aromatic N) is 1. The van der Waals surface area contributed by atoms with Gasteiger partial charge in [0.1, 0.15) is 0 Å². The van der Waals surface area contributed by atoms with Crippen molar-refractivity contribution in [2.75, 3.05) is 0 Å². The Labute approximate surface area is 211 Å². The van der Waals surface area contributed by atoms with Gasteiger partial charge in [-0.05, 0) is 64.4 Å². The van der Waals surface area contributed by atoms with Gasteiger partial charge in [-0.3, -0.25) is 0 Å². The summed E-state index contributed by atoms with van der Waals surface area (Å²) in [6.45, 7) is 5.90. The van der Waals surface area contributed by atoms with Gasteiger partial charge < -0.3 is 9.98 Å². The molecule has 1 aromatic heterocycles. The highest BCUT2D eigenvalue weighted by atomic mass is 15.0. The number of nitrogens with one attached hydrogen (secondary N) is 1. The van der Waals surface area contributed by atoms with E-state index in [0.717, 1.165) is 16.7 Å². The minimum atomic E-state index is 0.849. The van der Waals surface area contributed by atoms with Gasteiger partial charge in [-0.2, -0.15) is 0 Å². The molecular formula is C34H26N2. The maximum Gasteiger partial charge on any atom is 0.0619 e. The number of aryl methyl sites for hydroxylation is 1. The van der Waals surface area contributed by atoms with Crippen molar-refractivity contribution in [3.05, 3.63) is 133 Å². The lowest BCUT2D eigenvalue weighted by Crippen LogP contribution is -1.94. The standard InChI is InChI=1S/C34H26N2/c1-3-7-28(22-35)25-13-11-24(12-14-25)26-15-18-30-27(21-26)16-19-32-31-17-10-23(2)20-33(31)36(34(30)32)29-8-5-4-6-9-29/h3-22,35H,1H2,2H3/b28-7+,35-22?. The number of aromatic nitrogens is 1. The van der Waals surface area contributed by atoms with Gasteiger partial charge in [0.15, 0.2) is 0 Å². The Bertz CT molecular complexity index is 1800. The monoisotopic (exact) mass is 462 g/mol. The summed E-state index contributed by atoms with van der Waals surface area (Å²) in [5, 5.41) is 12.7. The second kappa shape index (κ2) is 8.83. The summed E-state index contributed by atoms with van der Waals surface area (Å²) in [5.41, 5.74) is 9.10. The lowest BCUT2D eigenvalue weighted by atomic mass is 9.97. The van der Waals surface area contributed by atoms with Gasteiger partial charge in [0.05, 0.1) is 11.0 Å². The molecule has 0 unspecified atom stereocenters. The quantitative estimate of drug-likeness (QED) is 0.195. The van der Waals surface area contributed by atoms with Crippen LogP contribution in [-0.2, 0) is 0 Å². The number of benzene rings is 5. The first kappa shape index (κ1) is 21.8. The Balaban J connectivity index is 1.55. The van der Waals surface area contributed by atoms with E-state index >= 15 is 0 Å². The first-order valence-electron chi connectivity index (χ1n) is 12.1. The van der Waals surface area contributed by atoms with E-state index in [9.17, 15) is 0 Å². The van der Waals surface area contributed by atoms with E-state index in [1.54, 1.807) is 6.08 Å². The number of hydrogen-bond donors (Lipinski definition) is 1. The van der Waals surface area contributed by atoms with E-state index in [1.165, 1.54) is 55.6 Å². The molecule has 0 fully saturated rings. The fourth-order valence-electron chi connectivity index (χ4n) is 5.18. The van der Waals surface area contributed by atoms with Crippen molar-refractivity contribution in [1.82, 2.24) is 4.57 Å². The summed E-state index contributed by atoms with van der Waals surface area (Å²) in [4.78, 5) is 0. The lowest BCUT2D eigenvalue weighted by Gasteiger charge is -2.11. The number of allylic oxidation sites excluding steroid dienone is 3. The van der Waals surface area contributed by atoms with Crippen LogP contribution in [0.25, 0.3) is 55.0 Å². The molecular weight excluding hydrogens is 436 g/mol. The van der Waals surface area contributed by atoms with Crippen molar-refractivity contribution in [2.45, 2.75) is 6.92 Å². The van der Waals surface area contributed by atoms with Gasteiger partial charge >= 0.3 is 0 Å². The summed E-state index contributed by atoms with van der Waals surface area (Å²) in [6.07, 6.45) is 4.94. The van der Waals surface area contributed by atoms with E-state index in [4.69, 9.17) is 5.41 Å². The fraction of sp³-hybridized carbons (Fsp3) is 0.0294. The van der Waals surface area contributed by atoms with Crippen LogP contribution in [0, 0.1) is 12.3 Å². The fourth-order valence-corrected chi connectivity index (χ4v) is 5.18. The average Bonchev–Trinajstić information content (AvgIpc) is 3.25. The summed E-state index contributed by atoms with van der Waals surface area (Å²) in [5.74, 6) is 0. The van der Waals surface area contributed by atoms with E-state index in [0.29, 0.717) is 0 Å². The molecule has 0 atom stereocenters. The molecule has 172 valence electrons. The Hall–Kier alpha value is -4.69. The third-order valence-corrected chi connectivity index (χ3v) is 6.92. The van der Waals surface area contributed by atoms with Crippen LogP contribution in [0.1, 0.15) is 11.1 Å². The van der Waals surface area contributed by atoms with Crippen LogP contribution < -0.4 is 0 Å². The number of para-hydroxylation sites is 1. The summed E-state index contributed by atoms with van der Waals surface area (Å²) < 4.78 is 2.40. The van der Waals surface area contributed by atoms with Crippen LogP contribution >= 0.6 is 0 Å². The number of fused-ring (bicyclic) bond motifs is 5. The Morgan fingerprint density at radius 2 is 1.47 bits per heavy atom. The van der Waals surface area contributed by atoms with Gasteiger partial charge in [0.25, 0.3) is 0 Å². The van der Waals surface area contributed by atoms with Crippen LogP contribution in [0.5, 0.6) is 0 Å². The maximum absolute atomic E-state index is 7.66. The molecule has 0 aliphatic heterocycles. The van der Waals surface area contributed by atoms with E-state index in [2.05, 4.69) is 121 Å². The van der Waals surface area contributed by atoms with Crippen molar-refractivity contribution in [3.8, 4) is 16.8 Å². The van der Waals surface area contributed by atoms with Gasteiger partial charge in [-0.1, -0.05) is 97.6 Å². The van der Waals surface area contributed by atoms with E-state index in [1.807, 2.05) is 6.08 Å². The van der Waals surface area contributed by atoms with Crippen LogP contribution in [0.2, 0.25) is 0 Å². The highest BCUT2D eigenvalue weighted by molar-refractivity contribution is 6.19. The van der Waals surface area contributed by atoms with E-state index in [-0.39, 0.29) is 0 Å². The zero-order chi connectivity index (χ0) is 24.6.